The van der Waals surface area contributed by atoms with E-state index in [-0.39, 0.29) is 6.04 Å². The molecule has 0 saturated carbocycles. The molecule has 8 heteroatoms. The van der Waals surface area contributed by atoms with Crippen LogP contribution in [0.4, 0.5) is 13.2 Å². The fourth-order valence-electron chi connectivity index (χ4n) is 3.27. The Balaban J connectivity index is 1.92. The van der Waals surface area contributed by atoms with Crippen LogP contribution in [0.2, 0.25) is 0 Å². The van der Waals surface area contributed by atoms with Crippen molar-refractivity contribution < 1.29 is 22.6 Å². The molecular weight excluding hydrogens is 311 g/mol. The maximum absolute atomic E-state index is 13.5. The molecule has 0 atom stereocenters. The quantitative estimate of drug-likeness (QED) is 0.875. The third kappa shape index (κ3) is 2.50. The number of ether oxygens (including phenoxy) is 2. The van der Waals surface area contributed by atoms with Crippen molar-refractivity contribution in [2.24, 2.45) is 0 Å². The van der Waals surface area contributed by atoms with E-state index in [0.717, 1.165) is 0 Å². The van der Waals surface area contributed by atoms with E-state index in [0.29, 0.717) is 61.7 Å². The van der Waals surface area contributed by atoms with Gasteiger partial charge < -0.3 is 19.4 Å². The van der Waals surface area contributed by atoms with Crippen LogP contribution in [0.1, 0.15) is 24.7 Å². The first-order valence-electron chi connectivity index (χ1n) is 7.63. The number of alkyl halides is 3. The van der Waals surface area contributed by atoms with Gasteiger partial charge in [-0.1, -0.05) is 0 Å². The number of rotatable bonds is 1. The van der Waals surface area contributed by atoms with Crippen LogP contribution in [0.3, 0.4) is 0 Å². The van der Waals surface area contributed by atoms with Gasteiger partial charge in [0.15, 0.2) is 11.5 Å². The van der Waals surface area contributed by atoms with Crippen LogP contribution in [0.5, 0.6) is 11.5 Å². The standard InChI is InChI=1S/C15H16F3N3O2/c16-15(17,18)14-20-10-7-12-13(23-6-5-22-12)8-11(10)21(14)9-1-3-19-4-2-9/h7-9,19H,1-6H2. The zero-order chi connectivity index (χ0) is 16.0. The van der Waals surface area contributed by atoms with E-state index in [1.165, 1.54) is 10.6 Å². The van der Waals surface area contributed by atoms with Crippen LogP contribution in [0.15, 0.2) is 12.1 Å². The van der Waals surface area contributed by atoms with E-state index >= 15 is 0 Å². The van der Waals surface area contributed by atoms with Gasteiger partial charge in [-0.05, 0) is 25.9 Å². The molecule has 0 bridgehead atoms. The Morgan fingerprint density at radius 1 is 1.09 bits per heavy atom. The van der Waals surface area contributed by atoms with Crippen molar-refractivity contribution in [3.05, 3.63) is 18.0 Å². The molecule has 1 saturated heterocycles. The molecule has 1 aromatic heterocycles. The van der Waals surface area contributed by atoms with E-state index in [9.17, 15) is 13.2 Å². The fraction of sp³-hybridized carbons (Fsp3) is 0.533. The van der Waals surface area contributed by atoms with Gasteiger partial charge in [-0.2, -0.15) is 13.2 Å². The van der Waals surface area contributed by atoms with Gasteiger partial charge in [-0.25, -0.2) is 4.98 Å². The molecule has 4 rings (SSSR count). The molecule has 0 spiro atoms. The lowest BCUT2D eigenvalue weighted by molar-refractivity contribution is -0.147. The van der Waals surface area contributed by atoms with Gasteiger partial charge in [0.05, 0.1) is 11.0 Å². The highest BCUT2D eigenvalue weighted by molar-refractivity contribution is 5.81. The molecule has 1 aromatic carbocycles. The second-order valence-electron chi connectivity index (χ2n) is 5.77. The molecule has 2 aromatic rings. The van der Waals surface area contributed by atoms with E-state index in [1.54, 1.807) is 6.07 Å². The summed E-state index contributed by atoms with van der Waals surface area (Å²) in [4.78, 5) is 3.85. The smallest absolute Gasteiger partial charge is 0.449 e. The van der Waals surface area contributed by atoms with Crippen molar-refractivity contribution in [1.29, 1.82) is 0 Å². The van der Waals surface area contributed by atoms with Crippen LogP contribution < -0.4 is 14.8 Å². The summed E-state index contributed by atoms with van der Waals surface area (Å²) in [6, 6.07) is 2.94. The molecule has 5 nitrogen and oxygen atoms in total. The number of imidazole rings is 1. The highest BCUT2D eigenvalue weighted by atomic mass is 19.4. The molecule has 1 fully saturated rings. The molecule has 3 heterocycles. The van der Waals surface area contributed by atoms with Crippen LogP contribution in [-0.2, 0) is 6.18 Å². The van der Waals surface area contributed by atoms with E-state index < -0.39 is 12.0 Å². The summed E-state index contributed by atoms with van der Waals surface area (Å²) in [5.74, 6) is 0.0849. The molecule has 0 aliphatic carbocycles. The van der Waals surface area contributed by atoms with Gasteiger partial charge in [0, 0.05) is 18.2 Å². The van der Waals surface area contributed by atoms with E-state index in [4.69, 9.17) is 9.47 Å². The summed E-state index contributed by atoms with van der Waals surface area (Å²) in [5.41, 5.74) is 0.744. The highest BCUT2D eigenvalue weighted by Gasteiger charge is 2.40. The van der Waals surface area contributed by atoms with Crippen LogP contribution in [0, 0.1) is 0 Å². The molecule has 0 amide bonds. The maximum atomic E-state index is 13.5. The number of aromatic nitrogens is 2. The first kappa shape index (κ1) is 14.6. The topological polar surface area (TPSA) is 48.3 Å². The summed E-state index contributed by atoms with van der Waals surface area (Å²) in [5, 5.41) is 3.17. The number of benzene rings is 1. The number of halogens is 3. The Hall–Kier alpha value is -1.96. The number of hydrogen-bond acceptors (Lipinski definition) is 4. The average molecular weight is 327 g/mol. The lowest BCUT2D eigenvalue weighted by Crippen LogP contribution is -2.31. The van der Waals surface area contributed by atoms with Gasteiger partial charge in [-0.15, -0.1) is 0 Å². The highest BCUT2D eigenvalue weighted by Crippen LogP contribution is 2.40. The Morgan fingerprint density at radius 3 is 2.39 bits per heavy atom. The first-order valence-corrected chi connectivity index (χ1v) is 7.63. The Labute approximate surface area is 130 Å². The molecule has 0 unspecified atom stereocenters. The van der Waals surface area contributed by atoms with Gasteiger partial charge in [0.1, 0.15) is 13.2 Å². The summed E-state index contributed by atoms with van der Waals surface area (Å²) in [7, 11) is 0. The number of fused-ring (bicyclic) bond motifs is 2. The minimum Gasteiger partial charge on any atom is -0.486 e. The summed E-state index contributed by atoms with van der Waals surface area (Å²) >= 11 is 0. The Bertz CT molecular complexity index is 736. The molecule has 23 heavy (non-hydrogen) atoms. The number of nitrogens with one attached hydrogen (secondary N) is 1. The third-order valence-electron chi connectivity index (χ3n) is 4.28. The number of hydrogen-bond donors (Lipinski definition) is 1. The zero-order valence-corrected chi connectivity index (χ0v) is 12.3. The molecule has 0 radical (unpaired) electrons. The van der Waals surface area contributed by atoms with Crippen molar-refractivity contribution in [3.63, 3.8) is 0 Å². The van der Waals surface area contributed by atoms with Gasteiger partial charge in [-0.3, -0.25) is 0 Å². The van der Waals surface area contributed by atoms with Crippen molar-refractivity contribution in [2.45, 2.75) is 25.1 Å². The van der Waals surface area contributed by atoms with E-state index in [2.05, 4.69) is 10.3 Å². The fourth-order valence-corrected chi connectivity index (χ4v) is 3.27. The van der Waals surface area contributed by atoms with Crippen LogP contribution in [0.25, 0.3) is 11.0 Å². The lowest BCUT2D eigenvalue weighted by atomic mass is 10.1. The number of piperidine rings is 1. The van der Waals surface area contributed by atoms with Gasteiger partial charge in [0.25, 0.3) is 0 Å². The molecule has 2 aliphatic rings. The summed E-state index contributed by atoms with van der Waals surface area (Å²) in [6.07, 6.45) is -3.21. The average Bonchev–Trinajstić information content (AvgIpc) is 2.92. The molecule has 1 N–H and O–H groups in total. The Kier molecular flexibility index (Phi) is 3.37. The molecular formula is C15H16F3N3O2. The van der Waals surface area contributed by atoms with E-state index in [1.807, 2.05) is 0 Å². The van der Waals surface area contributed by atoms with Crippen LogP contribution in [-0.4, -0.2) is 35.9 Å². The maximum Gasteiger partial charge on any atom is 0.449 e. The Morgan fingerprint density at radius 2 is 1.74 bits per heavy atom. The van der Waals surface area contributed by atoms with Crippen molar-refractivity contribution in [1.82, 2.24) is 14.9 Å². The largest absolute Gasteiger partial charge is 0.486 e. The second kappa shape index (κ2) is 5.30. The SMILES string of the molecule is FC(F)(F)c1nc2cc3c(cc2n1C1CCNCC1)OCCO3. The minimum atomic E-state index is -4.49. The third-order valence-corrected chi connectivity index (χ3v) is 4.28. The minimum absolute atomic E-state index is 0.222. The lowest BCUT2D eigenvalue weighted by Gasteiger charge is -2.27. The molecule has 124 valence electrons. The van der Waals surface area contributed by atoms with Crippen molar-refractivity contribution in [2.75, 3.05) is 26.3 Å². The summed E-state index contributed by atoms with van der Waals surface area (Å²) < 4.78 is 52.7. The normalized spacial score (nSPS) is 19.3. The zero-order valence-electron chi connectivity index (χ0n) is 12.3. The molecule has 2 aliphatic heterocycles. The van der Waals surface area contributed by atoms with Crippen molar-refractivity contribution >= 4 is 11.0 Å². The number of nitrogens with zero attached hydrogens (tertiary/aromatic N) is 2. The predicted octanol–water partition coefficient (Wildman–Crippen LogP) is 2.75. The first-order chi connectivity index (χ1) is 11.0. The summed E-state index contributed by atoms with van der Waals surface area (Å²) in [6.45, 7) is 2.18. The van der Waals surface area contributed by atoms with Crippen molar-refractivity contribution in [3.8, 4) is 11.5 Å². The monoisotopic (exact) mass is 327 g/mol. The second-order valence-corrected chi connectivity index (χ2v) is 5.77. The van der Waals surface area contributed by atoms with Crippen LogP contribution >= 0.6 is 0 Å². The predicted molar refractivity (Wildman–Crippen MR) is 76.9 cm³/mol. The van der Waals surface area contributed by atoms with Gasteiger partial charge in [0.2, 0.25) is 5.82 Å². The van der Waals surface area contributed by atoms with Gasteiger partial charge >= 0.3 is 6.18 Å².